The van der Waals surface area contributed by atoms with Gasteiger partial charge in [0.25, 0.3) is 5.91 Å². The molecule has 4 aliphatic rings. The summed E-state index contributed by atoms with van der Waals surface area (Å²) < 4.78 is 0. The van der Waals surface area contributed by atoms with Gasteiger partial charge in [-0.3, -0.25) is 14.5 Å². The fourth-order valence-electron chi connectivity index (χ4n) is 3.89. The smallest absolute Gasteiger partial charge is 0.257 e. The van der Waals surface area contributed by atoms with Crippen molar-refractivity contribution in [2.45, 2.75) is 32.1 Å². The van der Waals surface area contributed by atoms with Crippen LogP contribution in [0.25, 0.3) is 0 Å². The molecule has 0 aromatic carbocycles. The molecule has 0 saturated carbocycles. The first-order valence-corrected chi connectivity index (χ1v) is 10.7. The summed E-state index contributed by atoms with van der Waals surface area (Å²) in [6.45, 7) is 7.11. The fraction of sp³-hybridized carbons (Fsp3) is 0.600. The lowest BCUT2D eigenvalue weighted by atomic mass is 9.62. The number of hydrogen-bond acceptors (Lipinski definition) is 2. The molecule has 19 heavy (non-hydrogen) atoms. The number of likely N-dealkylation sites (N-methyl/N-ethyl adjacent to an activating group) is 1. The minimum absolute atomic E-state index is 0.0290. The van der Waals surface area contributed by atoms with E-state index >= 15 is 0 Å². The van der Waals surface area contributed by atoms with E-state index in [2.05, 4.69) is 31.8 Å². The highest BCUT2D eigenvalue weighted by molar-refractivity contribution is 6.76. The van der Waals surface area contributed by atoms with Crippen LogP contribution in [0, 0.1) is 17.3 Å². The average molecular weight is 275 g/mol. The van der Waals surface area contributed by atoms with Crippen molar-refractivity contribution in [3.63, 3.8) is 0 Å². The summed E-state index contributed by atoms with van der Waals surface area (Å²) in [6, 6.07) is 1.22. The first kappa shape index (κ1) is 12.8. The van der Waals surface area contributed by atoms with Crippen LogP contribution in [-0.4, -0.2) is 31.8 Å². The molecule has 1 spiro atoms. The topological polar surface area (TPSA) is 37.4 Å². The maximum Gasteiger partial charge on any atom is 0.257 e. The Morgan fingerprint density at radius 3 is 2.68 bits per heavy atom. The van der Waals surface area contributed by atoms with Gasteiger partial charge in [-0.15, -0.1) is 0 Å². The lowest BCUT2D eigenvalue weighted by molar-refractivity contribution is -0.139. The van der Waals surface area contributed by atoms with Crippen LogP contribution < -0.4 is 0 Å². The summed E-state index contributed by atoms with van der Waals surface area (Å²) in [5.41, 5.74) is 0.115. The monoisotopic (exact) mass is 275 g/mol. The Bertz CT molecular complexity index is 529. The predicted octanol–water partition coefficient (Wildman–Crippen LogP) is 2.44. The molecule has 3 aliphatic carbocycles. The summed E-state index contributed by atoms with van der Waals surface area (Å²) in [6.07, 6.45) is 7.05. The van der Waals surface area contributed by atoms with Crippen molar-refractivity contribution in [2.24, 2.45) is 17.3 Å². The molecule has 1 aliphatic heterocycles. The molecule has 1 heterocycles. The number of likely N-dealkylation sites (tertiary alicyclic amines) is 1. The van der Waals surface area contributed by atoms with Gasteiger partial charge in [-0.1, -0.05) is 43.9 Å². The highest BCUT2D eigenvalue weighted by Gasteiger charge is 2.58. The largest absolute Gasteiger partial charge is 0.281 e. The number of nitrogens with zero attached hydrogens (tertiary/aromatic N) is 1. The Morgan fingerprint density at radius 2 is 2.05 bits per heavy atom. The van der Waals surface area contributed by atoms with Crippen molar-refractivity contribution < 1.29 is 9.59 Å². The Labute approximate surface area is 115 Å². The number of carbonyl (C=O) groups excluding carboxylic acids is 2. The van der Waals surface area contributed by atoms with E-state index in [1.807, 2.05) is 6.08 Å². The Morgan fingerprint density at radius 1 is 1.37 bits per heavy atom. The van der Waals surface area contributed by atoms with E-state index in [0.29, 0.717) is 11.8 Å². The lowest BCUT2D eigenvalue weighted by Gasteiger charge is -2.42. The number of rotatable bonds is 2. The highest BCUT2D eigenvalue weighted by Crippen LogP contribution is 2.54. The van der Waals surface area contributed by atoms with E-state index in [9.17, 15) is 9.59 Å². The molecule has 2 amide bonds. The van der Waals surface area contributed by atoms with E-state index in [0.717, 1.165) is 12.0 Å². The van der Waals surface area contributed by atoms with E-state index in [4.69, 9.17) is 0 Å². The molecule has 3 atom stereocenters. The van der Waals surface area contributed by atoms with E-state index < -0.39 is 13.5 Å². The van der Waals surface area contributed by atoms with Crippen molar-refractivity contribution in [1.82, 2.24) is 4.90 Å². The van der Waals surface area contributed by atoms with Crippen molar-refractivity contribution >= 4 is 19.9 Å². The molecule has 4 heteroatoms. The molecular weight excluding hydrogens is 254 g/mol. The zero-order valence-electron chi connectivity index (χ0n) is 12.1. The first-order chi connectivity index (χ1) is 8.74. The summed E-state index contributed by atoms with van der Waals surface area (Å²) in [5.74, 6) is 0.764. The summed E-state index contributed by atoms with van der Waals surface area (Å²) >= 11 is 0. The number of amides is 2. The molecule has 1 fully saturated rings. The molecule has 0 unspecified atom stereocenters. The zero-order valence-corrected chi connectivity index (χ0v) is 13.1. The average Bonchev–Trinajstić information content (AvgIpc) is 2.51. The van der Waals surface area contributed by atoms with Crippen molar-refractivity contribution in [1.29, 1.82) is 0 Å². The molecule has 1 saturated heterocycles. The molecule has 102 valence electrons. The number of carbonyl (C=O) groups is 2. The van der Waals surface area contributed by atoms with Gasteiger partial charge in [0.05, 0.1) is 5.41 Å². The highest BCUT2D eigenvalue weighted by atomic mass is 28.3. The van der Waals surface area contributed by atoms with Crippen LogP contribution in [0.3, 0.4) is 0 Å². The van der Waals surface area contributed by atoms with Crippen molar-refractivity contribution in [3.05, 3.63) is 23.8 Å². The molecule has 0 aromatic heterocycles. The molecular formula is C15H21NO2Si. The minimum Gasteiger partial charge on any atom is -0.281 e. The molecule has 0 aromatic rings. The third kappa shape index (κ3) is 1.69. The molecule has 4 rings (SSSR count). The van der Waals surface area contributed by atoms with Crippen molar-refractivity contribution in [2.75, 3.05) is 7.05 Å². The van der Waals surface area contributed by atoms with Gasteiger partial charge in [-0.2, -0.15) is 0 Å². The van der Waals surface area contributed by atoms with Crippen LogP contribution in [-0.2, 0) is 9.59 Å². The third-order valence-corrected chi connectivity index (χ3v) is 6.42. The summed E-state index contributed by atoms with van der Waals surface area (Å²) in [5, 5.41) is 0. The van der Waals surface area contributed by atoms with Gasteiger partial charge in [0, 0.05) is 20.7 Å². The zero-order chi connectivity index (χ0) is 14.0. The standard InChI is InChI=1S/C15H21NO2Si/c1-16-13(17)12-7-10-5-6-15(12,14(16)18)8-11(10)9-19(2,3)4/h5-7,10-11H,8-9H2,1-4H3/t10-,11+,15+/m0/s1. The van der Waals surface area contributed by atoms with Gasteiger partial charge in [-0.05, 0) is 18.3 Å². The van der Waals surface area contributed by atoms with Crippen LogP contribution in [0.5, 0.6) is 0 Å². The van der Waals surface area contributed by atoms with Gasteiger partial charge in [0.1, 0.15) is 0 Å². The number of fused-ring (bicyclic) bond motifs is 1. The van der Waals surface area contributed by atoms with Gasteiger partial charge in [0.15, 0.2) is 0 Å². The number of hydrogen-bond donors (Lipinski definition) is 0. The Hall–Kier alpha value is -1.16. The second-order valence-corrected chi connectivity index (χ2v) is 12.9. The molecule has 0 radical (unpaired) electrons. The Balaban J connectivity index is 1.99. The normalized spacial score (nSPS) is 36.8. The summed E-state index contributed by atoms with van der Waals surface area (Å²) in [4.78, 5) is 25.9. The predicted molar refractivity (Wildman–Crippen MR) is 77.2 cm³/mol. The number of allylic oxidation sites excluding steroid dienone is 2. The second kappa shape index (κ2) is 3.69. The van der Waals surface area contributed by atoms with Crippen LogP contribution in [0.1, 0.15) is 6.42 Å². The van der Waals surface area contributed by atoms with E-state index in [1.54, 1.807) is 7.05 Å². The van der Waals surface area contributed by atoms with Crippen LogP contribution in [0.4, 0.5) is 0 Å². The van der Waals surface area contributed by atoms with Crippen LogP contribution >= 0.6 is 0 Å². The maximum atomic E-state index is 12.5. The van der Waals surface area contributed by atoms with Gasteiger partial charge >= 0.3 is 0 Å². The SMILES string of the molecule is CN1C(=O)C2=C[C@@H]3C=C[C@]2(C[C@@H]3C[Si](C)(C)C)C1=O. The second-order valence-electron chi connectivity index (χ2n) is 7.39. The van der Waals surface area contributed by atoms with Crippen LogP contribution in [0.2, 0.25) is 25.7 Å². The maximum absolute atomic E-state index is 12.5. The Kier molecular flexibility index (Phi) is 2.49. The summed E-state index contributed by atoms with van der Waals surface area (Å²) in [7, 11) is 0.446. The lowest BCUT2D eigenvalue weighted by Crippen LogP contribution is -2.42. The van der Waals surface area contributed by atoms with E-state index in [1.165, 1.54) is 10.9 Å². The minimum atomic E-state index is -1.16. The van der Waals surface area contributed by atoms with Gasteiger partial charge in [0.2, 0.25) is 5.91 Å². The van der Waals surface area contributed by atoms with Gasteiger partial charge in [-0.25, -0.2) is 0 Å². The third-order valence-electron chi connectivity index (χ3n) is 4.67. The molecule has 2 bridgehead atoms. The van der Waals surface area contributed by atoms with Gasteiger partial charge < -0.3 is 0 Å². The molecule has 3 nitrogen and oxygen atoms in total. The number of imide groups is 1. The van der Waals surface area contributed by atoms with Crippen LogP contribution in [0.15, 0.2) is 23.8 Å². The quantitative estimate of drug-likeness (QED) is 0.441. The molecule has 0 N–H and O–H groups in total. The fourth-order valence-corrected chi connectivity index (χ4v) is 5.88. The van der Waals surface area contributed by atoms with E-state index in [-0.39, 0.29) is 11.8 Å². The van der Waals surface area contributed by atoms with Crippen molar-refractivity contribution in [3.8, 4) is 0 Å². The first-order valence-electron chi connectivity index (χ1n) is 6.99.